The molecule has 2 heterocycles. The average molecular weight is 246 g/mol. The molecule has 0 spiro atoms. The van der Waals surface area contributed by atoms with E-state index >= 15 is 0 Å². The van der Waals surface area contributed by atoms with Crippen molar-refractivity contribution in [3.8, 4) is 5.75 Å². The number of fused-ring (bicyclic) bond motifs is 1. The first-order valence-corrected chi connectivity index (χ1v) is 6.76. The average Bonchev–Trinajstić information content (AvgIpc) is 2.47. The highest BCUT2D eigenvalue weighted by Crippen LogP contribution is 2.27. The zero-order valence-corrected chi connectivity index (χ0v) is 10.5. The lowest BCUT2D eigenvalue weighted by Gasteiger charge is -2.22. The van der Waals surface area contributed by atoms with Gasteiger partial charge in [-0.1, -0.05) is 0 Å². The number of benzene rings is 1. The van der Waals surface area contributed by atoms with Gasteiger partial charge in [0.15, 0.2) is 5.78 Å². The van der Waals surface area contributed by atoms with Crippen molar-refractivity contribution in [1.82, 2.24) is 0 Å². The Balaban J connectivity index is 1.80. The summed E-state index contributed by atoms with van der Waals surface area (Å²) in [5.74, 6) is 1.06. The van der Waals surface area contributed by atoms with E-state index in [1.54, 1.807) is 0 Å². The summed E-state index contributed by atoms with van der Waals surface area (Å²) in [5, 5.41) is 0. The minimum Gasteiger partial charge on any atom is -0.493 e. The highest BCUT2D eigenvalue weighted by atomic mass is 16.5. The predicted octanol–water partition coefficient (Wildman–Crippen LogP) is 2.76. The second-order valence-electron chi connectivity index (χ2n) is 4.99. The molecule has 3 heteroatoms. The molecule has 3 rings (SSSR count). The Morgan fingerprint density at radius 1 is 1.17 bits per heavy atom. The monoisotopic (exact) mass is 246 g/mol. The number of carbonyl (C=O) groups excluding carboxylic acids is 1. The third kappa shape index (κ3) is 2.27. The number of aryl methyl sites for hydroxylation is 1. The van der Waals surface area contributed by atoms with Gasteiger partial charge in [0, 0.05) is 12.2 Å². The number of ketones is 1. The molecule has 0 aliphatic carbocycles. The fraction of sp³-hybridized carbons (Fsp3) is 0.533. The van der Waals surface area contributed by atoms with Crippen LogP contribution in [0.25, 0.3) is 0 Å². The summed E-state index contributed by atoms with van der Waals surface area (Å²) in [7, 11) is 0. The molecule has 18 heavy (non-hydrogen) atoms. The molecular formula is C15H18O3. The lowest BCUT2D eigenvalue weighted by atomic mass is 9.96. The van der Waals surface area contributed by atoms with Crippen molar-refractivity contribution in [2.75, 3.05) is 13.2 Å². The van der Waals surface area contributed by atoms with Crippen molar-refractivity contribution in [2.24, 2.45) is 0 Å². The molecule has 0 bridgehead atoms. The van der Waals surface area contributed by atoms with Crippen molar-refractivity contribution >= 4 is 5.78 Å². The summed E-state index contributed by atoms with van der Waals surface area (Å²) < 4.78 is 11.1. The Bertz CT molecular complexity index is 447. The van der Waals surface area contributed by atoms with Crippen LogP contribution in [0.3, 0.4) is 0 Å². The molecule has 1 atom stereocenters. The molecule has 3 nitrogen and oxygen atoms in total. The second kappa shape index (κ2) is 5.11. The number of hydrogen-bond donors (Lipinski definition) is 0. The summed E-state index contributed by atoms with van der Waals surface area (Å²) in [6.45, 7) is 1.50. The van der Waals surface area contributed by atoms with Crippen LogP contribution in [0.2, 0.25) is 0 Å². The minimum atomic E-state index is -0.235. The van der Waals surface area contributed by atoms with E-state index in [0.29, 0.717) is 6.61 Å². The van der Waals surface area contributed by atoms with Gasteiger partial charge in [0.1, 0.15) is 11.9 Å². The molecule has 1 aromatic rings. The fourth-order valence-corrected chi connectivity index (χ4v) is 2.65. The Morgan fingerprint density at radius 3 is 2.94 bits per heavy atom. The number of Topliss-reactive ketones (excluding diaryl/α,β-unsaturated/α-hetero) is 1. The van der Waals surface area contributed by atoms with Crippen molar-refractivity contribution in [2.45, 2.75) is 38.2 Å². The predicted molar refractivity (Wildman–Crippen MR) is 68.2 cm³/mol. The maximum absolute atomic E-state index is 12.3. The van der Waals surface area contributed by atoms with Crippen LogP contribution in [0.1, 0.15) is 41.6 Å². The van der Waals surface area contributed by atoms with Crippen molar-refractivity contribution in [3.05, 3.63) is 29.3 Å². The summed E-state index contributed by atoms with van der Waals surface area (Å²) in [6, 6.07) is 5.77. The van der Waals surface area contributed by atoms with E-state index in [2.05, 4.69) is 0 Å². The van der Waals surface area contributed by atoms with Crippen molar-refractivity contribution < 1.29 is 14.3 Å². The largest absolute Gasteiger partial charge is 0.493 e. The van der Waals surface area contributed by atoms with Gasteiger partial charge in [-0.2, -0.15) is 0 Å². The Labute approximate surface area is 107 Å². The number of carbonyl (C=O) groups is 1. The molecule has 2 aliphatic heterocycles. The molecule has 0 radical (unpaired) electrons. The van der Waals surface area contributed by atoms with Gasteiger partial charge in [-0.3, -0.25) is 4.79 Å². The molecular weight excluding hydrogens is 228 g/mol. The number of hydrogen-bond acceptors (Lipinski definition) is 3. The van der Waals surface area contributed by atoms with Crippen LogP contribution >= 0.6 is 0 Å². The summed E-state index contributed by atoms with van der Waals surface area (Å²) >= 11 is 0. The first kappa shape index (κ1) is 11.7. The van der Waals surface area contributed by atoms with Gasteiger partial charge in [-0.05, 0) is 55.9 Å². The second-order valence-corrected chi connectivity index (χ2v) is 4.99. The van der Waals surface area contributed by atoms with E-state index in [0.717, 1.165) is 55.6 Å². The molecule has 0 saturated carbocycles. The van der Waals surface area contributed by atoms with Crippen molar-refractivity contribution in [3.63, 3.8) is 0 Å². The van der Waals surface area contributed by atoms with Gasteiger partial charge in [-0.15, -0.1) is 0 Å². The molecule has 0 N–H and O–H groups in total. The highest BCUT2D eigenvalue weighted by molar-refractivity contribution is 5.99. The molecule has 1 fully saturated rings. The zero-order chi connectivity index (χ0) is 12.4. The molecule has 1 saturated heterocycles. The van der Waals surface area contributed by atoms with Gasteiger partial charge >= 0.3 is 0 Å². The summed E-state index contributed by atoms with van der Waals surface area (Å²) in [5.41, 5.74) is 1.93. The van der Waals surface area contributed by atoms with E-state index in [4.69, 9.17) is 9.47 Å². The van der Waals surface area contributed by atoms with Crippen LogP contribution in [0.15, 0.2) is 18.2 Å². The smallest absolute Gasteiger partial charge is 0.191 e. The molecule has 0 aromatic heterocycles. The van der Waals surface area contributed by atoms with Gasteiger partial charge in [-0.25, -0.2) is 0 Å². The van der Waals surface area contributed by atoms with Gasteiger partial charge < -0.3 is 9.47 Å². The summed E-state index contributed by atoms with van der Waals surface area (Å²) in [6.07, 6.45) is 4.81. The van der Waals surface area contributed by atoms with Gasteiger partial charge in [0.2, 0.25) is 0 Å². The van der Waals surface area contributed by atoms with E-state index in [-0.39, 0.29) is 11.9 Å². The lowest BCUT2D eigenvalue weighted by Crippen LogP contribution is -2.28. The molecule has 96 valence electrons. The fourth-order valence-electron chi connectivity index (χ4n) is 2.65. The van der Waals surface area contributed by atoms with E-state index in [9.17, 15) is 4.79 Å². The molecule has 1 unspecified atom stereocenters. The van der Waals surface area contributed by atoms with E-state index in [1.807, 2.05) is 18.2 Å². The molecule has 2 aliphatic rings. The Morgan fingerprint density at radius 2 is 2.11 bits per heavy atom. The standard InChI is InChI=1S/C15H18O3/c16-15(14-5-1-2-8-18-14)12-6-7-13-11(10-12)4-3-9-17-13/h6-7,10,14H,1-5,8-9H2. The molecule has 1 aromatic carbocycles. The highest BCUT2D eigenvalue weighted by Gasteiger charge is 2.24. The molecule has 0 amide bonds. The third-order valence-corrected chi connectivity index (χ3v) is 3.67. The zero-order valence-electron chi connectivity index (χ0n) is 10.5. The van der Waals surface area contributed by atoms with E-state index < -0.39 is 0 Å². The maximum atomic E-state index is 12.3. The van der Waals surface area contributed by atoms with Crippen LogP contribution in [0.5, 0.6) is 5.75 Å². The normalized spacial score (nSPS) is 23.0. The first-order valence-electron chi connectivity index (χ1n) is 6.76. The maximum Gasteiger partial charge on any atom is 0.191 e. The summed E-state index contributed by atoms with van der Waals surface area (Å²) in [4.78, 5) is 12.3. The van der Waals surface area contributed by atoms with Crippen LogP contribution in [-0.2, 0) is 11.2 Å². The topological polar surface area (TPSA) is 35.5 Å². The number of rotatable bonds is 2. The van der Waals surface area contributed by atoms with Gasteiger partial charge in [0.05, 0.1) is 6.61 Å². The quantitative estimate of drug-likeness (QED) is 0.753. The van der Waals surface area contributed by atoms with Crippen molar-refractivity contribution in [1.29, 1.82) is 0 Å². The van der Waals surface area contributed by atoms with Crippen LogP contribution < -0.4 is 4.74 Å². The minimum absolute atomic E-state index is 0.128. The van der Waals surface area contributed by atoms with E-state index in [1.165, 1.54) is 0 Å². The first-order chi connectivity index (χ1) is 8.84. The lowest BCUT2D eigenvalue weighted by molar-refractivity contribution is 0.0186. The SMILES string of the molecule is O=C(c1ccc2c(c1)CCCO2)C1CCCCO1. The van der Waals surface area contributed by atoms with Crippen LogP contribution in [-0.4, -0.2) is 25.1 Å². The Hall–Kier alpha value is -1.35. The number of ether oxygens (including phenoxy) is 2. The van der Waals surface area contributed by atoms with Crippen LogP contribution in [0, 0.1) is 0 Å². The van der Waals surface area contributed by atoms with Gasteiger partial charge in [0.25, 0.3) is 0 Å². The van der Waals surface area contributed by atoms with Crippen LogP contribution in [0.4, 0.5) is 0 Å². The Kier molecular flexibility index (Phi) is 3.33. The third-order valence-electron chi connectivity index (χ3n) is 3.67.